The van der Waals surface area contributed by atoms with E-state index in [0.29, 0.717) is 12.8 Å². The van der Waals surface area contributed by atoms with Crippen molar-refractivity contribution in [2.45, 2.75) is 115 Å². The molecule has 9 nitrogen and oxygen atoms in total. The summed E-state index contributed by atoms with van der Waals surface area (Å²) in [7, 11) is -6.48. The Bertz CT molecular complexity index is 2090. The Morgan fingerprint density at radius 1 is 0.852 bits per heavy atom. The van der Waals surface area contributed by atoms with E-state index in [1.807, 2.05) is 56.4 Å². The van der Waals surface area contributed by atoms with Crippen molar-refractivity contribution < 1.29 is 30.8 Å². The average Bonchev–Trinajstić information content (AvgIpc) is 3.45. The molecule has 2 aromatic carbocycles. The second-order valence-corrected chi connectivity index (χ2v) is 19.2. The van der Waals surface area contributed by atoms with Crippen LogP contribution in [0.5, 0.6) is 0 Å². The number of ketones is 1. The number of unbranched alkanes of at least 4 members (excludes halogenated alkanes) is 2. The molecule has 0 aliphatic carbocycles. The Morgan fingerprint density at radius 3 is 2.13 bits per heavy atom. The lowest BCUT2D eigenvalue weighted by Gasteiger charge is -2.27. The molecule has 0 saturated carbocycles. The first-order valence-corrected chi connectivity index (χ1v) is 22.1. The van der Waals surface area contributed by atoms with E-state index >= 15 is 0 Å². The molecule has 11 heteroatoms. The smallest absolute Gasteiger partial charge is 0.294 e. The summed E-state index contributed by atoms with van der Waals surface area (Å²) in [6, 6.07) is 10.3. The molecule has 0 fully saturated rings. The lowest BCUT2D eigenvalue weighted by molar-refractivity contribution is -0.438. The van der Waals surface area contributed by atoms with Crippen molar-refractivity contribution in [3.05, 3.63) is 95.8 Å². The summed E-state index contributed by atoms with van der Waals surface area (Å²) in [5, 5.41) is 0. The highest BCUT2D eigenvalue weighted by molar-refractivity contribution is 7.89. The zero-order valence-corrected chi connectivity index (χ0v) is 35.2. The molecule has 0 bridgehead atoms. The number of rotatable bonds is 18. The molecule has 4 rings (SSSR count). The van der Waals surface area contributed by atoms with Crippen molar-refractivity contribution in [2.75, 3.05) is 31.6 Å². The van der Waals surface area contributed by atoms with Gasteiger partial charge in [-0.3, -0.25) is 9.35 Å². The van der Waals surface area contributed by atoms with Crippen LogP contribution in [0.1, 0.15) is 105 Å². The van der Waals surface area contributed by atoms with E-state index in [1.165, 1.54) is 10.4 Å². The van der Waals surface area contributed by atoms with Crippen LogP contribution in [-0.4, -0.2) is 68.4 Å². The highest BCUT2D eigenvalue weighted by Crippen LogP contribution is 2.48. The van der Waals surface area contributed by atoms with Gasteiger partial charge in [-0.15, -0.1) is 0 Å². The van der Waals surface area contributed by atoms with Crippen LogP contribution >= 0.6 is 0 Å². The van der Waals surface area contributed by atoms with Gasteiger partial charge >= 0.3 is 0 Å². The lowest BCUT2D eigenvalue weighted by atomic mass is 9.81. The monoisotopic (exact) mass is 778 g/mol. The van der Waals surface area contributed by atoms with Crippen LogP contribution in [0.25, 0.3) is 0 Å². The minimum Gasteiger partial charge on any atom is -0.344 e. The van der Waals surface area contributed by atoms with Crippen molar-refractivity contribution in [3.8, 4) is 0 Å². The minimum atomic E-state index is -4.32. The summed E-state index contributed by atoms with van der Waals surface area (Å²) in [6.45, 7) is 18.3. The van der Waals surface area contributed by atoms with E-state index in [-0.39, 0.29) is 28.0 Å². The Morgan fingerprint density at radius 2 is 1.48 bits per heavy atom. The summed E-state index contributed by atoms with van der Waals surface area (Å²) in [5.41, 5.74) is 5.04. The second kappa shape index (κ2) is 17.4. The largest absolute Gasteiger partial charge is 0.344 e. The molecule has 2 heterocycles. The van der Waals surface area contributed by atoms with Gasteiger partial charge in [0.2, 0.25) is 15.7 Å². The fourth-order valence-corrected chi connectivity index (χ4v) is 9.04. The van der Waals surface area contributed by atoms with Crippen LogP contribution < -0.4 is 4.90 Å². The molecule has 0 atom stereocenters. The number of Topliss-reactive ketones (excluding diaryl/α,β-unsaturated/α-hetero) is 1. The first kappa shape index (κ1) is 43.1. The molecule has 0 aromatic heterocycles. The Balaban J connectivity index is 1.55. The van der Waals surface area contributed by atoms with Gasteiger partial charge in [-0.1, -0.05) is 84.8 Å². The summed E-state index contributed by atoms with van der Waals surface area (Å²) >= 11 is 0. The average molecular weight is 779 g/mol. The first-order valence-electron chi connectivity index (χ1n) is 19.2. The maximum atomic E-state index is 13.6. The minimum absolute atomic E-state index is 0.0591. The summed E-state index contributed by atoms with van der Waals surface area (Å²) in [4.78, 5) is 14.5. The molecule has 0 spiro atoms. The predicted octanol–water partition coefficient (Wildman–Crippen LogP) is 8.89. The zero-order valence-electron chi connectivity index (χ0n) is 33.6. The molecular formula is C43H60N3O6S2+. The Hall–Kier alpha value is -3.64. The molecule has 0 amide bonds. The van der Waals surface area contributed by atoms with E-state index < -0.39 is 31.0 Å². The van der Waals surface area contributed by atoms with E-state index in [0.717, 1.165) is 72.7 Å². The third-order valence-electron chi connectivity index (χ3n) is 10.7. The van der Waals surface area contributed by atoms with E-state index in [2.05, 4.69) is 63.2 Å². The summed E-state index contributed by atoms with van der Waals surface area (Å²) in [6.07, 6.45) is 19.0. The molecule has 294 valence electrons. The summed E-state index contributed by atoms with van der Waals surface area (Å²) in [5.74, 6) is 0.0811. The number of sulfonamides is 1. The van der Waals surface area contributed by atoms with Crippen LogP contribution in [0.4, 0.5) is 11.4 Å². The molecule has 2 aliphatic rings. The van der Waals surface area contributed by atoms with Gasteiger partial charge in [0, 0.05) is 73.4 Å². The number of carbonyl (C=O) groups is 1. The number of benzene rings is 2. The fourth-order valence-electron chi connectivity index (χ4n) is 7.29. The number of fused-ring (bicyclic) bond motifs is 2. The molecular weight excluding hydrogens is 719 g/mol. The van der Waals surface area contributed by atoms with E-state index in [4.69, 9.17) is 0 Å². The van der Waals surface area contributed by atoms with Crippen LogP contribution in [0.2, 0.25) is 0 Å². The van der Waals surface area contributed by atoms with Gasteiger partial charge in [0.1, 0.15) is 12.3 Å². The first-order chi connectivity index (χ1) is 25.3. The standard InChI is InChI=1S/C43H59N3O6S2/c1-10-12-28-45-37-25-23-33(53(48,49)44(9)27-19-20-39(47)32(3)4)30-35(37)42(5,6)40(45)21-17-15-14-16-18-22-41-43(7,8)36-31-34(54(50,51)52)24-26-38(36)46(41)29-13-11-2/h14-18,21-26,30-32H,10-13,19-20,27-29H2,1-9H3/p+1. The number of hydrogen-bond acceptors (Lipinski definition) is 6. The van der Waals surface area contributed by atoms with Gasteiger partial charge in [-0.25, -0.2) is 12.7 Å². The normalized spacial score (nSPS) is 17.7. The number of anilines is 1. The van der Waals surface area contributed by atoms with Crippen molar-refractivity contribution in [1.82, 2.24) is 4.31 Å². The Labute approximate surface area is 324 Å². The molecule has 2 aromatic rings. The van der Waals surface area contributed by atoms with Gasteiger partial charge in [0.05, 0.1) is 15.2 Å². The number of hydrogen-bond donors (Lipinski definition) is 1. The molecule has 0 saturated heterocycles. The highest BCUT2D eigenvalue weighted by atomic mass is 32.2. The third kappa shape index (κ3) is 9.24. The SMILES string of the molecule is CCCCN1/C(=C/C=C/C=C/C=C/C2=[N+](CCCC)c3ccc(S(=O)(=O)N(C)CCCC(=O)C(C)C)cc3C2(C)C)C(C)(C)c2cc(S(=O)(=O)O)ccc21. The molecule has 1 N–H and O–H groups in total. The third-order valence-corrected chi connectivity index (χ3v) is 13.4. The zero-order chi connectivity index (χ0) is 40.1. The van der Waals surface area contributed by atoms with Crippen LogP contribution in [0.3, 0.4) is 0 Å². The van der Waals surface area contributed by atoms with Gasteiger partial charge < -0.3 is 4.90 Å². The maximum absolute atomic E-state index is 13.6. The topological polar surface area (TPSA) is 115 Å². The van der Waals surface area contributed by atoms with Crippen LogP contribution in [-0.2, 0) is 35.8 Å². The lowest BCUT2D eigenvalue weighted by Crippen LogP contribution is -2.29. The highest BCUT2D eigenvalue weighted by Gasteiger charge is 2.45. The number of allylic oxidation sites excluding steroid dienone is 8. The molecule has 0 unspecified atom stereocenters. The molecule has 2 aliphatic heterocycles. The van der Waals surface area contributed by atoms with Crippen molar-refractivity contribution >= 4 is 43.0 Å². The van der Waals surface area contributed by atoms with Crippen molar-refractivity contribution in [2.24, 2.45) is 5.92 Å². The van der Waals surface area contributed by atoms with Gasteiger partial charge in [0.15, 0.2) is 5.71 Å². The second-order valence-electron chi connectivity index (χ2n) is 15.7. The number of carbonyl (C=O) groups excluding carboxylic acids is 1. The van der Waals surface area contributed by atoms with Crippen molar-refractivity contribution in [1.29, 1.82) is 0 Å². The predicted molar refractivity (Wildman–Crippen MR) is 220 cm³/mol. The maximum Gasteiger partial charge on any atom is 0.294 e. The Kier molecular flexibility index (Phi) is 13.9. The molecule has 0 radical (unpaired) electrons. The quantitative estimate of drug-likeness (QED) is 0.0914. The fraction of sp³-hybridized carbons (Fsp3) is 0.488. The van der Waals surface area contributed by atoms with E-state index in [9.17, 15) is 26.2 Å². The van der Waals surface area contributed by atoms with Gasteiger partial charge in [-0.05, 0) is 68.7 Å². The van der Waals surface area contributed by atoms with Gasteiger partial charge in [-0.2, -0.15) is 13.0 Å². The van der Waals surface area contributed by atoms with Gasteiger partial charge in [0.25, 0.3) is 10.1 Å². The van der Waals surface area contributed by atoms with Crippen molar-refractivity contribution in [3.63, 3.8) is 0 Å². The molecule has 54 heavy (non-hydrogen) atoms. The number of nitrogens with zero attached hydrogens (tertiary/aromatic N) is 3. The van der Waals surface area contributed by atoms with Crippen LogP contribution in [0, 0.1) is 5.92 Å². The summed E-state index contributed by atoms with van der Waals surface area (Å²) < 4.78 is 64.4. The van der Waals surface area contributed by atoms with Crippen LogP contribution in [0.15, 0.2) is 94.4 Å². The van der Waals surface area contributed by atoms with E-state index in [1.54, 1.807) is 25.2 Å².